The van der Waals surface area contributed by atoms with Crippen LogP contribution in [-0.4, -0.2) is 41.7 Å². The van der Waals surface area contributed by atoms with Crippen LogP contribution in [0.1, 0.15) is 48.4 Å². The Morgan fingerprint density at radius 2 is 1.81 bits per heavy atom. The molecular weight excluding hydrogens is 515 g/mol. The number of phenolic OH excluding ortho intramolecular Hbond substituents is 1. The number of aromatic hydroxyl groups is 1. The first-order chi connectivity index (χ1) is 17.0. The maximum Gasteiger partial charge on any atom is 0.339 e. The summed E-state index contributed by atoms with van der Waals surface area (Å²) in [6, 6.07) is 14.2. The molecule has 37 heavy (non-hydrogen) atoms. The van der Waals surface area contributed by atoms with Crippen molar-refractivity contribution < 1.29 is 19.1 Å². The molecule has 0 unspecified atom stereocenters. The third-order valence-electron chi connectivity index (χ3n) is 6.82. The standard InChI is InChI=1S/C28H34N2O5.2ClH/c1-3-34-26(32)12-10-23-19(2)22-9-11-25(31)24(27(22)35-28(23)33)17-29-21-13-15-30(16-14-21)18-20-7-5-4-6-8-20;;/h4-9,11,21,29,31H,3,10,12-18H2,1-2H3;2*1H. The maximum absolute atomic E-state index is 12.8. The van der Waals surface area contributed by atoms with Crippen molar-refractivity contribution in [3.05, 3.63) is 75.1 Å². The molecule has 0 atom stereocenters. The molecule has 0 aliphatic carbocycles. The van der Waals surface area contributed by atoms with Gasteiger partial charge in [0, 0.05) is 36.5 Å². The van der Waals surface area contributed by atoms with Crippen molar-refractivity contribution in [3.8, 4) is 5.75 Å². The number of ether oxygens (including phenoxy) is 1. The summed E-state index contributed by atoms with van der Waals surface area (Å²) in [5.74, 6) is -0.231. The average molecular weight is 552 g/mol. The Kier molecular flexibility index (Phi) is 11.9. The molecule has 3 aromatic rings. The average Bonchev–Trinajstić information content (AvgIpc) is 2.85. The monoisotopic (exact) mass is 550 g/mol. The summed E-state index contributed by atoms with van der Waals surface area (Å²) in [6.45, 7) is 7.31. The van der Waals surface area contributed by atoms with E-state index in [9.17, 15) is 14.7 Å². The minimum Gasteiger partial charge on any atom is -0.507 e. The molecule has 7 nitrogen and oxygen atoms in total. The lowest BCUT2D eigenvalue weighted by Crippen LogP contribution is -2.41. The van der Waals surface area contributed by atoms with Gasteiger partial charge in [0.1, 0.15) is 11.3 Å². The summed E-state index contributed by atoms with van der Waals surface area (Å²) < 4.78 is 10.7. The first-order valence-corrected chi connectivity index (χ1v) is 12.4. The van der Waals surface area contributed by atoms with Crippen molar-refractivity contribution >= 4 is 41.8 Å². The minimum absolute atomic E-state index is 0. The predicted octanol–water partition coefficient (Wildman–Crippen LogP) is 4.90. The van der Waals surface area contributed by atoms with E-state index in [4.69, 9.17) is 9.15 Å². The van der Waals surface area contributed by atoms with Crippen molar-refractivity contribution in [1.29, 1.82) is 0 Å². The van der Waals surface area contributed by atoms with Crippen molar-refractivity contribution in [1.82, 2.24) is 10.2 Å². The molecule has 0 saturated carbocycles. The summed E-state index contributed by atoms with van der Waals surface area (Å²) >= 11 is 0. The zero-order chi connectivity index (χ0) is 24.8. The van der Waals surface area contributed by atoms with Crippen molar-refractivity contribution in [2.24, 2.45) is 0 Å². The highest BCUT2D eigenvalue weighted by Crippen LogP contribution is 2.30. The van der Waals surface area contributed by atoms with Crippen LogP contribution >= 0.6 is 24.8 Å². The number of rotatable bonds is 9. The van der Waals surface area contributed by atoms with Gasteiger partial charge >= 0.3 is 11.6 Å². The lowest BCUT2D eigenvalue weighted by Gasteiger charge is -2.32. The van der Waals surface area contributed by atoms with Crippen LogP contribution in [0.4, 0.5) is 0 Å². The van der Waals surface area contributed by atoms with Gasteiger partial charge in [0.25, 0.3) is 0 Å². The number of fused-ring (bicyclic) bond motifs is 1. The molecule has 0 spiro atoms. The molecule has 2 heterocycles. The highest BCUT2D eigenvalue weighted by atomic mass is 35.5. The highest BCUT2D eigenvalue weighted by molar-refractivity contribution is 5.86. The number of carbonyl (C=O) groups is 1. The van der Waals surface area contributed by atoms with Crippen molar-refractivity contribution in [2.45, 2.75) is 58.7 Å². The van der Waals surface area contributed by atoms with E-state index in [0.29, 0.717) is 35.9 Å². The van der Waals surface area contributed by atoms with Gasteiger partial charge in [0.2, 0.25) is 0 Å². The normalized spacial score (nSPS) is 14.1. The Hall–Kier alpha value is -2.58. The summed E-state index contributed by atoms with van der Waals surface area (Å²) in [7, 11) is 0. The molecule has 0 amide bonds. The lowest BCUT2D eigenvalue weighted by molar-refractivity contribution is -0.143. The second kappa shape index (κ2) is 14.4. The van der Waals surface area contributed by atoms with Gasteiger partial charge in [-0.2, -0.15) is 0 Å². The molecule has 1 aliphatic heterocycles. The Balaban J connectivity index is 0.00000241. The largest absolute Gasteiger partial charge is 0.507 e. The van der Waals surface area contributed by atoms with E-state index in [2.05, 4.69) is 34.5 Å². The molecule has 1 fully saturated rings. The highest BCUT2D eigenvalue weighted by Gasteiger charge is 2.21. The molecule has 2 N–H and O–H groups in total. The van der Waals surface area contributed by atoms with E-state index in [1.165, 1.54) is 5.56 Å². The summed E-state index contributed by atoms with van der Waals surface area (Å²) in [5.41, 5.74) is 3.09. The van der Waals surface area contributed by atoms with Crippen LogP contribution in [-0.2, 0) is 29.0 Å². The summed E-state index contributed by atoms with van der Waals surface area (Å²) in [6.07, 6.45) is 2.41. The number of aryl methyl sites for hydroxylation is 1. The second-order valence-electron chi connectivity index (χ2n) is 9.15. The van der Waals surface area contributed by atoms with Gasteiger partial charge in [-0.05, 0) is 69.5 Å². The number of hydrogen-bond donors (Lipinski definition) is 2. The zero-order valence-electron chi connectivity index (χ0n) is 21.3. The van der Waals surface area contributed by atoms with E-state index in [1.54, 1.807) is 19.1 Å². The SMILES string of the molecule is CCOC(=O)CCc1c(C)c2ccc(O)c(CNC3CCN(Cc4ccccc4)CC3)c2oc1=O.Cl.Cl. The van der Waals surface area contributed by atoms with E-state index in [1.807, 2.05) is 13.0 Å². The lowest BCUT2D eigenvalue weighted by atomic mass is 9.99. The number of halogens is 2. The van der Waals surface area contributed by atoms with Crippen LogP contribution in [0.5, 0.6) is 5.75 Å². The molecule has 1 aromatic heterocycles. The van der Waals surface area contributed by atoms with Gasteiger partial charge in [-0.25, -0.2) is 4.79 Å². The predicted molar refractivity (Wildman–Crippen MR) is 150 cm³/mol. The fraction of sp³-hybridized carbons (Fsp3) is 0.429. The number of hydrogen-bond acceptors (Lipinski definition) is 7. The van der Waals surface area contributed by atoms with Gasteiger partial charge in [-0.3, -0.25) is 9.69 Å². The quantitative estimate of drug-likeness (QED) is 0.289. The van der Waals surface area contributed by atoms with Crippen molar-refractivity contribution in [2.75, 3.05) is 19.7 Å². The van der Waals surface area contributed by atoms with Gasteiger partial charge in [-0.15, -0.1) is 24.8 Å². The maximum atomic E-state index is 12.8. The number of likely N-dealkylation sites (tertiary alicyclic amines) is 1. The van der Waals surface area contributed by atoms with Crippen LogP contribution in [0.25, 0.3) is 11.0 Å². The molecule has 4 rings (SSSR count). The first-order valence-electron chi connectivity index (χ1n) is 12.4. The first kappa shape index (κ1) is 30.6. The third-order valence-corrected chi connectivity index (χ3v) is 6.82. The number of benzene rings is 2. The number of nitrogens with one attached hydrogen (secondary N) is 1. The van der Waals surface area contributed by atoms with Gasteiger partial charge in [-0.1, -0.05) is 30.3 Å². The molecular formula is C28H36Cl2N2O5. The minimum atomic E-state index is -0.472. The smallest absolute Gasteiger partial charge is 0.339 e. The topological polar surface area (TPSA) is 92.0 Å². The number of phenols is 1. The van der Waals surface area contributed by atoms with Crippen molar-refractivity contribution in [3.63, 3.8) is 0 Å². The van der Waals surface area contributed by atoms with Crippen LogP contribution in [0.15, 0.2) is 51.7 Å². The van der Waals surface area contributed by atoms with Gasteiger partial charge < -0.3 is 19.6 Å². The van der Waals surface area contributed by atoms with E-state index >= 15 is 0 Å². The number of nitrogens with zero attached hydrogens (tertiary/aromatic N) is 1. The second-order valence-corrected chi connectivity index (χ2v) is 9.15. The zero-order valence-corrected chi connectivity index (χ0v) is 23.0. The van der Waals surface area contributed by atoms with E-state index in [-0.39, 0.29) is 49.4 Å². The molecule has 1 saturated heterocycles. The van der Waals surface area contributed by atoms with Crippen LogP contribution < -0.4 is 10.9 Å². The Morgan fingerprint density at radius 3 is 2.49 bits per heavy atom. The molecule has 0 bridgehead atoms. The van der Waals surface area contributed by atoms with Gasteiger partial charge in [0.05, 0.1) is 12.2 Å². The number of esters is 1. The number of piperidine rings is 1. The fourth-order valence-electron chi connectivity index (χ4n) is 4.80. The van der Waals surface area contributed by atoms with Gasteiger partial charge in [0.15, 0.2) is 0 Å². The number of carbonyl (C=O) groups excluding carboxylic acids is 1. The van der Waals surface area contributed by atoms with E-state index in [0.717, 1.165) is 43.4 Å². The molecule has 2 aromatic carbocycles. The summed E-state index contributed by atoms with van der Waals surface area (Å²) in [5, 5.41) is 14.9. The van der Waals surface area contributed by atoms with Crippen LogP contribution in [0.3, 0.4) is 0 Å². The molecule has 0 radical (unpaired) electrons. The summed E-state index contributed by atoms with van der Waals surface area (Å²) in [4.78, 5) is 27.0. The Labute approximate surface area is 230 Å². The molecule has 1 aliphatic rings. The fourth-order valence-corrected chi connectivity index (χ4v) is 4.80. The Morgan fingerprint density at radius 1 is 1.11 bits per heavy atom. The van der Waals surface area contributed by atoms with E-state index < -0.39 is 5.63 Å². The third kappa shape index (κ3) is 7.71. The molecule has 9 heteroatoms. The Bertz CT molecular complexity index is 1220. The van der Waals surface area contributed by atoms with Crippen LogP contribution in [0, 0.1) is 6.92 Å². The molecule has 202 valence electrons. The van der Waals surface area contributed by atoms with Crippen LogP contribution in [0.2, 0.25) is 0 Å².